The second kappa shape index (κ2) is 23.1. The van der Waals surface area contributed by atoms with Gasteiger partial charge in [-0.1, -0.05) is 97.0 Å². The molecule has 25 heavy (non-hydrogen) atoms. The fourth-order valence-electron chi connectivity index (χ4n) is 2.44. The molecule has 150 valence electrons. The summed E-state index contributed by atoms with van der Waals surface area (Å²) in [5, 5.41) is 0. The number of hydrogen-bond donors (Lipinski definition) is 2. The standard InChI is InChI=1S/C16H34O3S.C3H5NO/c1-2-3-4-5-6-7-8-9-10-11-12-13-14-15-16-19-20(17)18;1-2-3(4)5/h20H,2-16H2,1H3;2H,1H2,(H2,4,5). The number of primary amides is 1. The van der Waals surface area contributed by atoms with Gasteiger partial charge in [-0.2, -0.15) is 0 Å². The minimum Gasteiger partial charge on any atom is -0.366 e. The van der Waals surface area contributed by atoms with Crippen LogP contribution in [0, 0.1) is 0 Å². The fourth-order valence-corrected chi connectivity index (χ4v) is 2.71. The van der Waals surface area contributed by atoms with E-state index in [-0.39, 0.29) is 0 Å². The maximum atomic E-state index is 10.1. The first-order valence-corrected chi connectivity index (χ1v) is 10.8. The first-order chi connectivity index (χ1) is 12.0. The Labute approximate surface area is 156 Å². The molecular weight excluding hydrogens is 338 g/mol. The van der Waals surface area contributed by atoms with Crippen LogP contribution in [0.2, 0.25) is 0 Å². The lowest BCUT2D eigenvalue weighted by molar-refractivity contribution is -0.113. The number of thiol groups is 1. The third-order valence-corrected chi connectivity index (χ3v) is 4.29. The summed E-state index contributed by atoms with van der Waals surface area (Å²) in [6, 6.07) is 0. The highest BCUT2D eigenvalue weighted by molar-refractivity contribution is 7.67. The molecule has 0 bridgehead atoms. The van der Waals surface area contributed by atoms with Crippen molar-refractivity contribution in [2.75, 3.05) is 6.61 Å². The summed E-state index contributed by atoms with van der Waals surface area (Å²) >= 11 is 0. The molecule has 0 aliphatic heterocycles. The van der Waals surface area contributed by atoms with E-state index < -0.39 is 16.9 Å². The van der Waals surface area contributed by atoms with Crippen molar-refractivity contribution in [3.8, 4) is 0 Å². The topological polar surface area (TPSA) is 86.5 Å². The Bertz CT molecular complexity index is 362. The fraction of sp³-hybridized carbons (Fsp3) is 0.842. The van der Waals surface area contributed by atoms with Crippen molar-refractivity contribution in [2.45, 2.75) is 96.8 Å². The van der Waals surface area contributed by atoms with Crippen LogP contribution in [0.1, 0.15) is 96.8 Å². The molecule has 6 heteroatoms. The van der Waals surface area contributed by atoms with Crippen molar-refractivity contribution in [3.63, 3.8) is 0 Å². The zero-order valence-corrected chi connectivity index (χ0v) is 16.9. The highest BCUT2D eigenvalue weighted by atomic mass is 32.2. The molecule has 0 aliphatic carbocycles. The lowest BCUT2D eigenvalue weighted by Crippen LogP contribution is -2.04. The van der Waals surface area contributed by atoms with Crippen molar-refractivity contribution in [3.05, 3.63) is 12.7 Å². The summed E-state index contributed by atoms with van der Waals surface area (Å²) in [5.74, 6) is -0.481. The Balaban J connectivity index is 0. The van der Waals surface area contributed by atoms with Gasteiger partial charge in [-0.05, 0) is 12.5 Å². The van der Waals surface area contributed by atoms with E-state index in [9.17, 15) is 13.2 Å². The Morgan fingerprint density at radius 3 is 1.44 bits per heavy atom. The summed E-state index contributed by atoms with van der Waals surface area (Å²) in [6.07, 6.45) is 19.4. The van der Waals surface area contributed by atoms with Gasteiger partial charge in [-0.3, -0.25) is 8.98 Å². The summed E-state index contributed by atoms with van der Waals surface area (Å²) in [6.45, 7) is 5.71. The zero-order chi connectivity index (χ0) is 19.2. The molecule has 0 aliphatic rings. The first kappa shape index (κ1) is 26.4. The molecule has 0 rings (SSSR count). The summed E-state index contributed by atoms with van der Waals surface area (Å²) in [4.78, 5) is 9.47. The van der Waals surface area contributed by atoms with E-state index in [1.807, 2.05) is 0 Å². The van der Waals surface area contributed by atoms with Crippen LogP contribution in [0.15, 0.2) is 12.7 Å². The van der Waals surface area contributed by atoms with Gasteiger partial charge in [-0.15, -0.1) is 0 Å². The van der Waals surface area contributed by atoms with Gasteiger partial charge in [0.1, 0.15) is 0 Å². The van der Waals surface area contributed by atoms with E-state index >= 15 is 0 Å². The number of carbonyl (C=O) groups is 1. The third-order valence-electron chi connectivity index (χ3n) is 3.90. The minimum absolute atomic E-state index is 0.358. The largest absolute Gasteiger partial charge is 0.366 e. The molecule has 0 aromatic rings. The van der Waals surface area contributed by atoms with Crippen LogP contribution in [-0.2, 0) is 20.0 Å². The summed E-state index contributed by atoms with van der Waals surface area (Å²) in [5.41, 5.74) is 4.53. The molecule has 0 aromatic heterocycles. The average molecular weight is 378 g/mol. The lowest BCUT2D eigenvalue weighted by atomic mass is 10.0. The molecule has 0 atom stereocenters. The van der Waals surface area contributed by atoms with Gasteiger partial charge >= 0.3 is 0 Å². The monoisotopic (exact) mass is 377 g/mol. The second-order valence-corrected chi connectivity index (χ2v) is 6.96. The van der Waals surface area contributed by atoms with Crippen LogP contribution in [0.4, 0.5) is 0 Å². The maximum Gasteiger partial charge on any atom is 0.257 e. The molecule has 0 unspecified atom stereocenters. The van der Waals surface area contributed by atoms with Gasteiger partial charge in [0.15, 0.2) is 0 Å². The molecular formula is C19H39NO4S. The van der Waals surface area contributed by atoms with E-state index in [0.29, 0.717) is 6.61 Å². The molecule has 0 heterocycles. The Morgan fingerprint density at radius 1 is 0.840 bits per heavy atom. The Morgan fingerprint density at radius 2 is 1.16 bits per heavy atom. The number of hydrogen-bond acceptors (Lipinski definition) is 4. The predicted octanol–water partition coefficient (Wildman–Crippen LogP) is 4.67. The molecule has 1 amide bonds. The molecule has 5 nitrogen and oxygen atoms in total. The van der Waals surface area contributed by atoms with Crippen molar-refractivity contribution in [2.24, 2.45) is 5.73 Å². The lowest BCUT2D eigenvalue weighted by Gasteiger charge is -2.03. The molecule has 2 N–H and O–H groups in total. The summed E-state index contributed by atoms with van der Waals surface area (Å²) < 4.78 is 24.8. The van der Waals surface area contributed by atoms with Crippen molar-refractivity contribution in [1.29, 1.82) is 0 Å². The van der Waals surface area contributed by atoms with Crippen molar-refractivity contribution < 1.29 is 17.4 Å². The second-order valence-electron chi connectivity index (χ2n) is 6.26. The average Bonchev–Trinajstić information content (AvgIpc) is 2.58. The van der Waals surface area contributed by atoms with E-state index in [4.69, 9.17) is 0 Å². The Hall–Kier alpha value is -0.880. The third kappa shape index (κ3) is 31.4. The first-order valence-electron chi connectivity index (χ1n) is 9.73. The smallest absolute Gasteiger partial charge is 0.257 e. The minimum atomic E-state index is -2.64. The highest BCUT2D eigenvalue weighted by Crippen LogP contribution is 2.12. The van der Waals surface area contributed by atoms with Gasteiger partial charge in [0.25, 0.3) is 11.0 Å². The molecule has 0 saturated heterocycles. The van der Waals surface area contributed by atoms with E-state index in [2.05, 4.69) is 23.4 Å². The number of carbonyl (C=O) groups excluding carboxylic acids is 1. The molecule has 0 saturated carbocycles. The number of nitrogens with two attached hydrogens (primary N) is 1. The Kier molecular flexibility index (Phi) is 24.4. The van der Waals surface area contributed by atoms with Gasteiger partial charge in [-0.25, -0.2) is 8.42 Å². The van der Waals surface area contributed by atoms with Crippen LogP contribution < -0.4 is 5.73 Å². The number of unbranched alkanes of at least 4 members (excludes halogenated alkanes) is 13. The zero-order valence-electron chi connectivity index (χ0n) is 16.0. The van der Waals surface area contributed by atoms with Crippen LogP contribution in [0.5, 0.6) is 0 Å². The van der Waals surface area contributed by atoms with Crippen LogP contribution in [0.3, 0.4) is 0 Å². The van der Waals surface area contributed by atoms with E-state index in [1.165, 1.54) is 77.0 Å². The van der Waals surface area contributed by atoms with Crippen LogP contribution in [-0.4, -0.2) is 20.9 Å². The van der Waals surface area contributed by atoms with Crippen LogP contribution >= 0.6 is 0 Å². The van der Waals surface area contributed by atoms with Crippen LogP contribution in [0.25, 0.3) is 0 Å². The van der Waals surface area contributed by atoms with E-state index in [0.717, 1.165) is 18.9 Å². The van der Waals surface area contributed by atoms with Gasteiger partial charge < -0.3 is 5.73 Å². The van der Waals surface area contributed by atoms with Gasteiger partial charge in [0.05, 0.1) is 6.61 Å². The van der Waals surface area contributed by atoms with Gasteiger partial charge in [0.2, 0.25) is 5.91 Å². The number of rotatable bonds is 17. The van der Waals surface area contributed by atoms with Crippen molar-refractivity contribution in [1.82, 2.24) is 0 Å². The SMILES string of the molecule is C=CC(N)=O.CCCCCCCCCCCCCCCCO[SH](=O)=O. The quantitative estimate of drug-likeness (QED) is 0.219. The van der Waals surface area contributed by atoms with Crippen molar-refractivity contribution >= 4 is 16.9 Å². The molecule has 0 radical (unpaired) electrons. The highest BCUT2D eigenvalue weighted by Gasteiger charge is 1.94. The molecule has 0 spiro atoms. The van der Waals surface area contributed by atoms with E-state index in [1.54, 1.807) is 0 Å². The summed E-state index contributed by atoms with van der Waals surface area (Å²) in [7, 11) is -2.64. The van der Waals surface area contributed by atoms with Gasteiger partial charge in [0, 0.05) is 0 Å². The molecule has 0 fully saturated rings. The maximum absolute atomic E-state index is 10.1. The number of amides is 1. The molecule has 0 aromatic carbocycles. The normalized spacial score (nSPS) is 10.3. The predicted molar refractivity (Wildman–Crippen MR) is 106 cm³/mol.